The van der Waals surface area contributed by atoms with Gasteiger partial charge in [0.2, 0.25) is 0 Å². The van der Waals surface area contributed by atoms with Crippen LogP contribution in [0.1, 0.15) is 13.3 Å². The molecule has 0 bridgehead atoms. The fourth-order valence-corrected chi connectivity index (χ4v) is 2.11. The van der Waals surface area contributed by atoms with Gasteiger partial charge in [-0.2, -0.15) is 0 Å². The van der Waals surface area contributed by atoms with Crippen molar-refractivity contribution < 1.29 is 18.7 Å². The molecular weight excluding hydrogens is 333 g/mol. The number of hydrogen-bond acceptors (Lipinski definition) is 3. The zero-order valence-corrected chi connectivity index (χ0v) is 14.1. The van der Waals surface area contributed by atoms with Crippen LogP contribution in [0, 0.1) is 5.82 Å². The van der Waals surface area contributed by atoms with Crippen LogP contribution < -0.4 is 14.8 Å². The molecule has 0 fully saturated rings. The summed E-state index contributed by atoms with van der Waals surface area (Å²) in [7, 11) is 0. The Morgan fingerprint density at radius 2 is 1.75 bits per heavy atom. The second kappa shape index (κ2) is 9.13. The van der Waals surface area contributed by atoms with Gasteiger partial charge in [0, 0.05) is 5.02 Å². The summed E-state index contributed by atoms with van der Waals surface area (Å²) in [6, 6.07) is 12.6. The van der Waals surface area contributed by atoms with Gasteiger partial charge >= 0.3 is 0 Å². The summed E-state index contributed by atoms with van der Waals surface area (Å²) in [5.41, 5.74) is 0. The Hall–Kier alpha value is -2.27. The number of amides is 1. The fourth-order valence-electron chi connectivity index (χ4n) is 1.99. The third-order valence-corrected chi connectivity index (χ3v) is 3.49. The van der Waals surface area contributed by atoms with E-state index in [1.165, 1.54) is 24.3 Å². The number of carbonyl (C=O) groups is 1. The fraction of sp³-hybridized carbons (Fsp3) is 0.278. The largest absolute Gasteiger partial charge is 0.492 e. The van der Waals surface area contributed by atoms with E-state index in [4.69, 9.17) is 21.1 Å². The Morgan fingerprint density at radius 3 is 2.38 bits per heavy atom. The first-order chi connectivity index (χ1) is 11.6. The molecule has 0 aromatic heterocycles. The van der Waals surface area contributed by atoms with Crippen molar-refractivity contribution in [2.24, 2.45) is 0 Å². The molecule has 0 aliphatic heterocycles. The number of hydrogen-bond donors (Lipinski definition) is 1. The lowest BCUT2D eigenvalue weighted by molar-refractivity contribution is -0.128. The topological polar surface area (TPSA) is 47.6 Å². The van der Waals surface area contributed by atoms with Crippen molar-refractivity contribution in [3.05, 3.63) is 59.4 Å². The summed E-state index contributed by atoms with van der Waals surface area (Å²) in [4.78, 5) is 12.1. The van der Waals surface area contributed by atoms with E-state index in [1.54, 1.807) is 24.3 Å². The van der Waals surface area contributed by atoms with Gasteiger partial charge in [0.15, 0.2) is 6.10 Å². The Kier molecular flexibility index (Phi) is 6.88. The summed E-state index contributed by atoms with van der Waals surface area (Å²) in [5, 5.41) is 3.40. The van der Waals surface area contributed by atoms with Crippen molar-refractivity contribution in [3.63, 3.8) is 0 Å². The number of rotatable bonds is 8. The van der Waals surface area contributed by atoms with E-state index in [0.717, 1.165) is 0 Å². The van der Waals surface area contributed by atoms with Crippen molar-refractivity contribution in [2.75, 3.05) is 13.2 Å². The first-order valence-electron chi connectivity index (χ1n) is 7.67. The van der Waals surface area contributed by atoms with Gasteiger partial charge in [-0.05, 0) is 55.0 Å². The van der Waals surface area contributed by atoms with Crippen LogP contribution in [0.4, 0.5) is 4.39 Å². The first-order valence-corrected chi connectivity index (χ1v) is 8.04. The number of carbonyl (C=O) groups excluding carboxylic acids is 1. The molecule has 0 aliphatic rings. The molecule has 0 saturated carbocycles. The van der Waals surface area contributed by atoms with Crippen molar-refractivity contribution in [1.82, 2.24) is 5.32 Å². The molecule has 1 N–H and O–H groups in total. The minimum absolute atomic E-state index is 0.235. The van der Waals surface area contributed by atoms with Crippen LogP contribution in [0.2, 0.25) is 5.02 Å². The van der Waals surface area contributed by atoms with Gasteiger partial charge in [0.1, 0.15) is 23.9 Å². The molecule has 0 heterocycles. The Morgan fingerprint density at radius 1 is 1.12 bits per heavy atom. The predicted octanol–water partition coefficient (Wildman–Crippen LogP) is 3.83. The maximum atomic E-state index is 12.9. The minimum Gasteiger partial charge on any atom is -0.492 e. The SMILES string of the molecule is CC[C@@H](Oc1ccc(F)cc1)C(=O)NCCOc1ccc(Cl)cc1. The average molecular weight is 352 g/mol. The zero-order valence-electron chi connectivity index (χ0n) is 13.3. The molecule has 1 atom stereocenters. The van der Waals surface area contributed by atoms with Crippen LogP contribution in [0.3, 0.4) is 0 Å². The third kappa shape index (κ3) is 5.74. The van der Waals surface area contributed by atoms with Gasteiger partial charge in [0.25, 0.3) is 5.91 Å². The van der Waals surface area contributed by atoms with E-state index in [0.29, 0.717) is 36.1 Å². The van der Waals surface area contributed by atoms with Crippen LogP contribution >= 0.6 is 11.6 Å². The predicted molar refractivity (Wildman–Crippen MR) is 91.1 cm³/mol. The van der Waals surface area contributed by atoms with Gasteiger partial charge in [-0.25, -0.2) is 4.39 Å². The summed E-state index contributed by atoms with van der Waals surface area (Å²) in [6.45, 7) is 2.53. The number of ether oxygens (including phenoxy) is 2. The van der Waals surface area contributed by atoms with Gasteiger partial charge in [-0.1, -0.05) is 18.5 Å². The maximum Gasteiger partial charge on any atom is 0.261 e. The number of benzene rings is 2. The van der Waals surface area contributed by atoms with E-state index in [1.807, 2.05) is 6.92 Å². The molecule has 0 radical (unpaired) electrons. The smallest absolute Gasteiger partial charge is 0.261 e. The highest BCUT2D eigenvalue weighted by Crippen LogP contribution is 2.16. The first kappa shape index (κ1) is 18.1. The molecule has 2 rings (SSSR count). The highest BCUT2D eigenvalue weighted by molar-refractivity contribution is 6.30. The zero-order chi connectivity index (χ0) is 17.4. The quantitative estimate of drug-likeness (QED) is 0.735. The standard InChI is InChI=1S/C18H19ClFNO3/c1-2-17(24-16-9-5-14(20)6-10-16)18(22)21-11-12-23-15-7-3-13(19)4-8-15/h3-10,17H,2,11-12H2,1H3,(H,21,22)/t17-/m1/s1. The van der Waals surface area contributed by atoms with Crippen molar-refractivity contribution in [2.45, 2.75) is 19.4 Å². The molecular formula is C18H19ClFNO3. The Labute approximate surface area is 145 Å². The van der Waals surface area contributed by atoms with Crippen LogP contribution in [-0.2, 0) is 4.79 Å². The lowest BCUT2D eigenvalue weighted by Gasteiger charge is -2.17. The highest BCUT2D eigenvalue weighted by Gasteiger charge is 2.17. The molecule has 0 saturated heterocycles. The number of nitrogens with one attached hydrogen (secondary N) is 1. The summed E-state index contributed by atoms with van der Waals surface area (Å²) in [6.07, 6.45) is -0.132. The van der Waals surface area contributed by atoms with Crippen LogP contribution in [0.15, 0.2) is 48.5 Å². The second-order valence-electron chi connectivity index (χ2n) is 5.06. The van der Waals surface area contributed by atoms with E-state index in [2.05, 4.69) is 5.32 Å². The molecule has 2 aromatic rings. The Bertz CT molecular complexity index is 646. The minimum atomic E-state index is -0.633. The van der Waals surface area contributed by atoms with Crippen LogP contribution in [0.25, 0.3) is 0 Å². The van der Waals surface area contributed by atoms with Crippen LogP contribution in [0.5, 0.6) is 11.5 Å². The van der Waals surface area contributed by atoms with Crippen molar-refractivity contribution >= 4 is 17.5 Å². The molecule has 24 heavy (non-hydrogen) atoms. The van der Waals surface area contributed by atoms with E-state index in [-0.39, 0.29) is 11.7 Å². The second-order valence-corrected chi connectivity index (χ2v) is 5.50. The lowest BCUT2D eigenvalue weighted by Crippen LogP contribution is -2.39. The van der Waals surface area contributed by atoms with Gasteiger partial charge in [-0.3, -0.25) is 4.79 Å². The molecule has 128 valence electrons. The lowest BCUT2D eigenvalue weighted by atomic mass is 10.2. The van der Waals surface area contributed by atoms with Crippen LogP contribution in [-0.4, -0.2) is 25.2 Å². The van der Waals surface area contributed by atoms with Gasteiger partial charge in [-0.15, -0.1) is 0 Å². The molecule has 1 amide bonds. The van der Waals surface area contributed by atoms with Gasteiger partial charge in [0.05, 0.1) is 6.54 Å². The van der Waals surface area contributed by atoms with Crippen molar-refractivity contribution in [3.8, 4) is 11.5 Å². The molecule has 2 aromatic carbocycles. The summed E-state index contributed by atoms with van der Waals surface area (Å²) in [5.74, 6) is 0.555. The normalized spacial score (nSPS) is 11.6. The van der Waals surface area contributed by atoms with E-state index < -0.39 is 6.10 Å². The molecule has 0 spiro atoms. The summed E-state index contributed by atoms with van der Waals surface area (Å²) >= 11 is 5.79. The third-order valence-electron chi connectivity index (χ3n) is 3.24. The highest BCUT2D eigenvalue weighted by atomic mass is 35.5. The maximum absolute atomic E-state index is 12.9. The average Bonchev–Trinajstić information content (AvgIpc) is 2.59. The summed E-state index contributed by atoms with van der Waals surface area (Å²) < 4.78 is 24.0. The molecule has 0 aliphatic carbocycles. The molecule has 6 heteroatoms. The number of halogens is 2. The molecule has 4 nitrogen and oxygen atoms in total. The Balaban J connectivity index is 1.75. The van der Waals surface area contributed by atoms with E-state index in [9.17, 15) is 9.18 Å². The van der Waals surface area contributed by atoms with Gasteiger partial charge < -0.3 is 14.8 Å². The van der Waals surface area contributed by atoms with E-state index >= 15 is 0 Å². The molecule has 0 unspecified atom stereocenters. The van der Waals surface area contributed by atoms with Crippen molar-refractivity contribution in [1.29, 1.82) is 0 Å². The monoisotopic (exact) mass is 351 g/mol.